The zero-order valence-corrected chi connectivity index (χ0v) is 27.3. The molecule has 7 rings (SSSR count). The molecule has 14 heteroatoms. The fourth-order valence-corrected chi connectivity index (χ4v) is 7.92. The number of halogens is 4. The average molecular weight is 706 g/mol. The van der Waals surface area contributed by atoms with Crippen LogP contribution in [-0.4, -0.2) is 61.7 Å². The van der Waals surface area contributed by atoms with Gasteiger partial charge in [0.1, 0.15) is 5.82 Å². The highest BCUT2D eigenvalue weighted by Crippen LogP contribution is 2.51. The molecule has 0 radical (unpaired) electrons. The van der Waals surface area contributed by atoms with E-state index in [4.69, 9.17) is 5.73 Å². The number of piperazine rings is 1. The Bertz CT molecular complexity index is 2200. The first-order valence-corrected chi connectivity index (χ1v) is 17.3. The van der Waals surface area contributed by atoms with Gasteiger partial charge in [-0.05, 0) is 73.0 Å². The number of nitrogen functional groups attached to an aromatic ring is 1. The van der Waals surface area contributed by atoms with Gasteiger partial charge < -0.3 is 15.4 Å². The quantitative estimate of drug-likeness (QED) is 0.135. The van der Waals surface area contributed by atoms with E-state index in [1.807, 2.05) is 12.1 Å². The minimum absolute atomic E-state index is 0.102. The summed E-state index contributed by atoms with van der Waals surface area (Å²) in [6, 6.07) is 22.5. The molecule has 1 amide bonds. The summed E-state index contributed by atoms with van der Waals surface area (Å²) in [6.45, 7) is 1.66. The zero-order valence-electron chi connectivity index (χ0n) is 26.5. The number of hydrogen-bond acceptors (Lipinski definition) is 7. The van der Waals surface area contributed by atoms with Crippen molar-refractivity contribution in [2.24, 2.45) is 0 Å². The van der Waals surface area contributed by atoms with Gasteiger partial charge in [-0.2, -0.15) is 0 Å². The van der Waals surface area contributed by atoms with E-state index in [0.717, 1.165) is 35.9 Å². The molecule has 0 atom stereocenters. The van der Waals surface area contributed by atoms with Crippen LogP contribution < -0.4 is 15.2 Å². The van der Waals surface area contributed by atoms with Gasteiger partial charge in [0.25, 0.3) is 15.9 Å². The summed E-state index contributed by atoms with van der Waals surface area (Å²) in [5.74, 6) is -1.73. The number of amides is 1. The Kier molecular flexibility index (Phi) is 8.39. The molecule has 1 saturated heterocycles. The summed E-state index contributed by atoms with van der Waals surface area (Å²) in [6.07, 6.45) is -1.82. The number of hydrogen-bond donors (Lipinski definition) is 2. The minimum Gasteiger partial charge on any atom is -0.404 e. The van der Waals surface area contributed by atoms with E-state index in [1.165, 1.54) is 41.3 Å². The molecule has 1 aliphatic carbocycles. The molecule has 4 aromatic carbocycles. The Morgan fingerprint density at radius 3 is 2.30 bits per heavy atom. The van der Waals surface area contributed by atoms with Crippen LogP contribution in [-0.2, 0) is 15.6 Å². The van der Waals surface area contributed by atoms with E-state index in [9.17, 15) is 30.8 Å². The molecule has 1 aromatic heterocycles. The first-order chi connectivity index (χ1) is 23.8. The lowest BCUT2D eigenvalue weighted by Crippen LogP contribution is -2.52. The van der Waals surface area contributed by atoms with Crippen molar-refractivity contribution >= 4 is 38.2 Å². The number of para-hydroxylation sites is 1. The highest BCUT2D eigenvalue weighted by Gasteiger charge is 2.50. The van der Waals surface area contributed by atoms with Crippen LogP contribution in [0.5, 0.6) is 5.75 Å². The third kappa shape index (κ3) is 6.55. The zero-order chi connectivity index (χ0) is 35.3. The topological polar surface area (TPSA) is 118 Å². The summed E-state index contributed by atoms with van der Waals surface area (Å²) >= 11 is 0. The van der Waals surface area contributed by atoms with E-state index in [0.29, 0.717) is 37.3 Å². The Labute approximate surface area is 285 Å². The number of carbonyl (C=O) groups excluding carboxylic acids is 1. The molecule has 2 fully saturated rings. The Balaban J connectivity index is 1.14. The van der Waals surface area contributed by atoms with Gasteiger partial charge in [-0.15, -0.1) is 13.2 Å². The Morgan fingerprint density at radius 2 is 1.60 bits per heavy atom. The molecule has 0 unspecified atom stereocenters. The number of nitrogens with two attached hydrogens (primary N) is 1. The fourth-order valence-electron chi connectivity index (χ4n) is 6.65. The summed E-state index contributed by atoms with van der Waals surface area (Å²) in [5.41, 5.74) is 7.62. The molecule has 258 valence electrons. The molecule has 1 saturated carbocycles. The first kappa shape index (κ1) is 33.3. The second-order valence-corrected chi connectivity index (χ2v) is 14.0. The van der Waals surface area contributed by atoms with Gasteiger partial charge in [0.05, 0.1) is 16.1 Å². The molecule has 1 aliphatic heterocycles. The summed E-state index contributed by atoms with van der Waals surface area (Å²) < 4.78 is 88.6. The smallest absolute Gasteiger partial charge is 0.404 e. The largest absolute Gasteiger partial charge is 0.573 e. The van der Waals surface area contributed by atoms with Gasteiger partial charge in [0.15, 0.2) is 5.75 Å². The van der Waals surface area contributed by atoms with Crippen LogP contribution in [0.2, 0.25) is 0 Å². The lowest BCUT2D eigenvalue weighted by Gasteiger charge is -2.40. The van der Waals surface area contributed by atoms with E-state index in [2.05, 4.69) is 19.3 Å². The maximum Gasteiger partial charge on any atom is 0.573 e. The predicted octanol–water partition coefficient (Wildman–Crippen LogP) is 6.77. The van der Waals surface area contributed by atoms with Gasteiger partial charge in [0.2, 0.25) is 0 Å². The van der Waals surface area contributed by atoms with Gasteiger partial charge in [-0.1, -0.05) is 36.4 Å². The number of ether oxygens (including phenoxy) is 1. The first-order valence-electron chi connectivity index (χ1n) is 15.8. The SMILES string of the molecule is Nc1ccc(S(=O)(=O)Nc2ccc(C(=O)N3CCN(C4(c5ccc(F)cc5)CC4)CC3)cc2OC(F)(F)F)c(-c2cccc3cccnc23)c1. The number of alkyl halides is 3. The second kappa shape index (κ2) is 12.6. The van der Waals surface area contributed by atoms with Crippen molar-refractivity contribution in [1.29, 1.82) is 0 Å². The normalized spacial score (nSPS) is 16.3. The number of sulfonamides is 1. The van der Waals surface area contributed by atoms with Crippen molar-refractivity contribution in [3.05, 3.63) is 114 Å². The number of nitrogens with zero attached hydrogens (tertiary/aromatic N) is 3. The Morgan fingerprint density at radius 1 is 0.880 bits per heavy atom. The lowest BCUT2D eigenvalue weighted by atomic mass is 10.0. The molecule has 3 N–H and O–H groups in total. The maximum atomic E-state index is 13.9. The van der Waals surface area contributed by atoms with Crippen molar-refractivity contribution in [3.63, 3.8) is 0 Å². The van der Waals surface area contributed by atoms with Crippen LogP contribution in [0.15, 0.2) is 102 Å². The van der Waals surface area contributed by atoms with Gasteiger partial charge >= 0.3 is 6.36 Å². The second-order valence-electron chi connectivity index (χ2n) is 12.3. The molecule has 5 aromatic rings. The standard InChI is InChI=1S/C36H31F4N5O4S/c37-26-9-7-25(8-10-26)35(14-15-35)45-19-17-44(18-20-45)34(46)24-6-12-30(31(21-24)49-36(38,39)40)43-50(47,48)32-13-11-27(41)22-29(32)28-5-1-3-23-4-2-16-42-33(23)28/h1-13,16,21-22,43H,14-15,17-20,41H2. The van der Waals surface area contributed by atoms with Gasteiger partial charge in [-0.3, -0.25) is 19.4 Å². The van der Waals surface area contributed by atoms with Crippen LogP contribution in [0.25, 0.3) is 22.0 Å². The van der Waals surface area contributed by atoms with Crippen LogP contribution in [0.3, 0.4) is 0 Å². The monoisotopic (exact) mass is 705 g/mol. The highest BCUT2D eigenvalue weighted by atomic mass is 32.2. The van der Waals surface area contributed by atoms with Crippen molar-refractivity contribution in [1.82, 2.24) is 14.8 Å². The average Bonchev–Trinajstić information content (AvgIpc) is 3.90. The van der Waals surface area contributed by atoms with Crippen LogP contribution in [0.1, 0.15) is 28.8 Å². The number of aromatic nitrogens is 1. The number of anilines is 2. The van der Waals surface area contributed by atoms with E-state index in [1.54, 1.807) is 36.5 Å². The van der Waals surface area contributed by atoms with E-state index < -0.39 is 33.7 Å². The van der Waals surface area contributed by atoms with E-state index >= 15 is 0 Å². The number of pyridine rings is 1. The van der Waals surface area contributed by atoms with Crippen molar-refractivity contribution in [3.8, 4) is 16.9 Å². The summed E-state index contributed by atoms with van der Waals surface area (Å²) in [5, 5.41) is 0.742. The number of carbonyl (C=O) groups is 1. The summed E-state index contributed by atoms with van der Waals surface area (Å²) in [4.78, 5) is 21.5. The lowest BCUT2D eigenvalue weighted by molar-refractivity contribution is -0.274. The molecule has 0 bridgehead atoms. The number of fused-ring (bicyclic) bond motifs is 1. The molecule has 9 nitrogen and oxygen atoms in total. The molecular weight excluding hydrogens is 674 g/mol. The van der Waals surface area contributed by atoms with Gasteiger partial charge in [-0.25, -0.2) is 12.8 Å². The maximum absolute atomic E-state index is 13.9. The van der Waals surface area contributed by atoms with Crippen LogP contribution in [0.4, 0.5) is 28.9 Å². The van der Waals surface area contributed by atoms with Crippen molar-refractivity contribution < 1.29 is 35.5 Å². The van der Waals surface area contributed by atoms with Crippen molar-refractivity contribution in [2.75, 3.05) is 36.6 Å². The number of benzene rings is 4. The molecule has 2 aliphatic rings. The molecule has 0 spiro atoms. The molecule has 50 heavy (non-hydrogen) atoms. The fraction of sp³-hybridized carbons (Fsp3) is 0.222. The Hall–Kier alpha value is -5.21. The van der Waals surface area contributed by atoms with Crippen LogP contribution >= 0.6 is 0 Å². The third-order valence-corrected chi connectivity index (χ3v) is 10.6. The molecule has 2 heterocycles. The predicted molar refractivity (Wildman–Crippen MR) is 180 cm³/mol. The minimum atomic E-state index is -5.19. The van der Waals surface area contributed by atoms with E-state index in [-0.39, 0.29) is 33.1 Å². The number of rotatable bonds is 8. The highest BCUT2D eigenvalue weighted by molar-refractivity contribution is 7.92. The number of nitrogens with one attached hydrogen (secondary N) is 1. The van der Waals surface area contributed by atoms with Crippen molar-refractivity contribution in [2.45, 2.75) is 29.6 Å². The van der Waals surface area contributed by atoms with Crippen LogP contribution in [0, 0.1) is 5.82 Å². The summed E-state index contributed by atoms with van der Waals surface area (Å²) in [7, 11) is -4.55. The third-order valence-electron chi connectivity index (χ3n) is 9.19. The molecular formula is C36H31F4N5O4S. The van der Waals surface area contributed by atoms with Gasteiger partial charge in [0, 0.05) is 65.7 Å².